The van der Waals surface area contributed by atoms with Gasteiger partial charge < -0.3 is 19.1 Å². The second-order valence-corrected chi connectivity index (χ2v) is 6.09. The van der Waals surface area contributed by atoms with E-state index in [0.29, 0.717) is 11.5 Å². The summed E-state index contributed by atoms with van der Waals surface area (Å²) in [5.74, 6) is 0.0416. The number of benzene rings is 2. The van der Waals surface area contributed by atoms with Crippen LogP contribution in [0.1, 0.15) is 22.8 Å². The Hall–Kier alpha value is -3.02. The van der Waals surface area contributed by atoms with Gasteiger partial charge in [-0.05, 0) is 37.1 Å². The molecule has 0 radical (unpaired) electrons. The van der Waals surface area contributed by atoms with Crippen LogP contribution in [0.15, 0.2) is 42.5 Å². The van der Waals surface area contributed by atoms with Gasteiger partial charge in [-0.25, -0.2) is 4.79 Å². The number of para-hydroxylation sites is 1. The summed E-state index contributed by atoms with van der Waals surface area (Å²) in [6.07, 6.45) is 0.794. The van der Waals surface area contributed by atoms with Crippen molar-refractivity contribution in [3.63, 3.8) is 0 Å². The number of anilines is 1. The largest absolute Gasteiger partial charge is 0.497 e. The third-order valence-electron chi connectivity index (χ3n) is 4.43. The molecular weight excluding hydrogens is 334 g/mol. The van der Waals surface area contributed by atoms with Crippen LogP contribution in [0.3, 0.4) is 0 Å². The van der Waals surface area contributed by atoms with Crippen LogP contribution in [-0.4, -0.2) is 38.7 Å². The normalized spacial score (nSPS) is 15.3. The molecule has 0 N–H and O–H groups in total. The number of hydrogen-bond donors (Lipinski definition) is 0. The molecule has 0 bridgehead atoms. The first-order valence-corrected chi connectivity index (χ1v) is 8.34. The Morgan fingerprint density at radius 1 is 1.12 bits per heavy atom. The number of esters is 1. The van der Waals surface area contributed by atoms with Crippen molar-refractivity contribution in [3.05, 3.63) is 53.6 Å². The second-order valence-electron chi connectivity index (χ2n) is 6.09. The van der Waals surface area contributed by atoms with E-state index < -0.39 is 5.97 Å². The van der Waals surface area contributed by atoms with Crippen LogP contribution in [0.25, 0.3) is 0 Å². The van der Waals surface area contributed by atoms with Crippen LogP contribution in [0.2, 0.25) is 0 Å². The molecule has 1 amide bonds. The standard InChI is InChI=1S/C20H21NO5/c1-13-10-14-6-4-5-7-17(14)21(13)19(22)12-26-20(23)16-9-8-15(24-2)11-18(16)25-3/h4-9,11,13H,10,12H2,1-3H3/t13-/m0/s1. The molecule has 1 aliphatic heterocycles. The van der Waals surface area contributed by atoms with Crippen LogP contribution in [0.5, 0.6) is 11.5 Å². The van der Waals surface area contributed by atoms with Crippen LogP contribution >= 0.6 is 0 Å². The summed E-state index contributed by atoms with van der Waals surface area (Å²) in [5.41, 5.74) is 2.25. The maximum Gasteiger partial charge on any atom is 0.342 e. The molecular formula is C20H21NO5. The van der Waals surface area contributed by atoms with Crippen LogP contribution in [0, 0.1) is 0 Å². The Morgan fingerprint density at radius 2 is 1.88 bits per heavy atom. The minimum absolute atomic E-state index is 0.0362. The molecule has 0 unspecified atom stereocenters. The van der Waals surface area contributed by atoms with E-state index in [4.69, 9.17) is 14.2 Å². The van der Waals surface area contributed by atoms with E-state index >= 15 is 0 Å². The number of rotatable bonds is 5. The maximum atomic E-state index is 12.6. The highest BCUT2D eigenvalue weighted by Gasteiger charge is 2.31. The van der Waals surface area contributed by atoms with Gasteiger partial charge in [0.2, 0.25) is 0 Å². The van der Waals surface area contributed by atoms with Gasteiger partial charge in [0.15, 0.2) is 6.61 Å². The van der Waals surface area contributed by atoms with Crippen LogP contribution < -0.4 is 14.4 Å². The summed E-state index contributed by atoms with van der Waals surface area (Å²) in [7, 11) is 2.99. The van der Waals surface area contributed by atoms with Crippen molar-refractivity contribution in [2.75, 3.05) is 25.7 Å². The van der Waals surface area contributed by atoms with E-state index in [9.17, 15) is 9.59 Å². The van der Waals surface area contributed by atoms with E-state index in [0.717, 1.165) is 17.7 Å². The second kappa shape index (κ2) is 7.47. The molecule has 0 fully saturated rings. The Morgan fingerprint density at radius 3 is 2.62 bits per heavy atom. The number of methoxy groups -OCH3 is 2. The molecule has 2 aromatic carbocycles. The number of fused-ring (bicyclic) bond motifs is 1. The van der Waals surface area contributed by atoms with Gasteiger partial charge in [-0.1, -0.05) is 18.2 Å². The van der Waals surface area contributed by atoms with Crippen molar-refractivity contribution >= 4 is 17.6 Å². The average molecular weight is 355 g/mol. The zero-order valence-corrected chi connectivity index (χ0v) is 15.0. The fourth-order valence-corrected chi connectivity index (χ4v) is 3.19. The van der Waals surface area contributed by atoms with Crippen molar-refractivity contribution in [2.45, 2.75) is 19.4 Å². The summed E-state index contributed by atoms with van der Waals surface area (Å²) in [4.78, 5) is 26.7. The van der Waals surface area contributed by atoms with Crippen molar-refractivity contribution in [3.8, 4) is 11.5 Å². The molecule has 0 aliphatic carbocycles. The Balaban J connectivity index is 1.69. The highest BCUT2D eigenvalue weighted by molar-refractivity contribution is 5.99. The zero-order chi connectivity index (χ0) is 18.7. The van der Waals surface area contributed by atoms with Crippen molar-refractivity contribution in [1.82, 2.24) is 0 Å². The smallest absolute Gasteiger partial charge is 0.342 e. The number of nitrogens with zero attached hydrogens (tertiary/aromatic N) is 1. The summed E-state index contributed by atoms with van der Waals surface area (Å²) in [5, 5.41) is 0. The first-order chi connectivity index (χ1) is 12.5. The van der Waals surface area contributed by atoms with E-state index in [1.165, 1.54) is 14.2 Å². The fraction of sp³-hybridized carbons (Fsp3) is 0.300. The highest BCUT2D eigenvalue weighted by Crippen LogP contribution is 2.32. The third-order valence-corrected chi connectivity index (χ3v) is 4.43. The Kier molecular flexibility index (Phi) is 5.11. The molecule has 1 atom stereocenters. The molecule has 136 valence electrons. The molecule has 0 saturated heterocycles. The average Bonchev–Trinajstić information content (AvgIpc) is 3.00. The van der Waals surface area contributed by atoms with Gasteiger partial charge >= 0.3 is 5.97 Å². The lowest BCUT2D eigenvalue weighted by molar-refractivity contribution is -0.122. The lowest BCUT2D eigenvalue weighted by Gasteiger charge is -2.22. The van der Waals surface area contributed by atoms with Gasteiger partial charge in [-0.3, -0.25) is 4.79 Å². The monoisotopic (exact) mass is 355 g/mol. The highest BCUT2D eigenvalue weighted by atomic mass is 16.5. The number of carbonyl (C=O) groups excluding carboxylic acids is 2. The molecule has 26 heavy (non-hydrogen) atoms. The molecule has 6 heteroatoms. The number of amides is 1. The molecule has 0 aromatic heterocycles. The van der Waals surface area contributed by atoms with Crippen molar-refractivity contribution < 1.29 is 23.8 Å². The molecule has 2 aromatic rings. The van der Waals surface area contributed by atoms with Gasteiger partial charge in [0.25, 0.3) is 5.91 Å². The van der Waals surface area contributed by atoms with E-state index in [2.05, 4.69) is 0 Å². The minimum atomic E-state index is -0.613. The van der Waals surface area contributed by atoms with Crippen molar-refractivity contribution in [1.29, 1.82) is 0 Å². The summed E-state index contributed by atoms with van der Waals surface area (Å²) >= 11 is 0. The molecule has 6 nitrogen and oxygen atoms in total. The van der Waals surface area contributed by atoms with Gasteiger partial charge in [0.1, 0.15) is 17.1 Å². The number of ether oxygens (including phenoxy) is 3. The quantitative estimate of drug-likeness (QED) is 0.772. The predicted molar refractivity (Wildman–Crippen MR) is 96.9 cm³/mol. The molecule has 0 saturated carbocycles. The predicted octanol–water partition coefficient (Wildman–Crippen LogP) is 2.84. The Bertz CT molecular complexity index is 833. The lowest BCUT2D eigenvalue weighted by Crippen LogP contribution is -2.38. The van der Waals surface area contributed by atoms with E-state index in [1.807, 2.05) is 31.2 Å². The van der Waals surface area contributed by atoms with Gasteiger partial charge in [0.05, 0.1) is 14.2 Å². The zero-order valence-electron chi connectivity index (χ0n) is 15.0. The first-order valence-electron chi connectivity index (χ1n) is 8.34. The number of carbonyl (C=O) groups is 2. The fourth-order valence-electron chi connectivity index (χ4n) is 3.19. The lowest BCUT2D eigenvalue weighted by atomic mass is 10.1. The van der Waals surface area contributed by atoms with Gasteiger partial charge in [0, 0.05) is 17.8 Å². The van der Waals surface area contributed by atoms with E-state index in [-0.39, 0.29) is 24.1 Å². The molecule has 1 heterocycles. The van der Waals surface area contributed by atoms with Crippen LogP contribution in [-0.2, 0) is 16.0 Å². The first kappa shape index (κ1) is 17.8. The van der Waals surface area contributed by atoms with Crippen LogP contribution in [0.4, 0.5) is 5.69 Å². The third kappa shape index (κ3) is 3.35. The SMILES string of the molecule is COc1ccc(C(=O)OCC(=O)N2c3ccccc3C[C@@H]2C)c(OC)c1. The van der Waals surface area contributed by atoms with Gasteiger partial charge in [-0.2, -0.15) is 0 Å². The maximum absolute atomic E-state index is 12.6. The van der Waals surface area contributed by atoms with E-state index in [1.54, 1.807) is 23.1 Å². The summed E-state index contributed by atoms with van der Waals surface area (Å²) in [6.45, 7) is 1.65. The summed E-state index contributed by atoms with van der Waals surface area (Å²) < 4.78 is 15.5. The molecule has 3 rings (SSSR count). The topological polar surface area (TPSA) is 65.1 Å². The molecule has 1 aliphatic rings. The molecule has 0 spiro atoms. The van der Waals surface area contributed by atoms with Gasteiger partial charge in [-0.15, -0.1) is 0 Å². The number of hydrogen-bond acceptors (Lipinski definition) is 5. The summed E-state index contributed by atoms with van der Waals surface area (Å²) in [6, 6.07) is 12.6. The minimum Gasteiger partial charge on any atom is -0.497 e. The Labute approximate surface area is 152 Å². The van der Waals surface area contributed by atoms with Crippen molar-refractivity contribution in [2.24, 2.45) is 0 Å².